The summed E-state index contributed by atoms with van der Waals surface area (Å²) in [5.74, 6) is 1.91. The van der Waals surface area contributed by atoms with E-state index in [9.17, 15) is 0 Å². The molecule has 0 saturated heterocycles. The fourth-order valence-corrected chi connectivity index (χ4v) is 2.93. The fourth-order valence-electron chi connectivity index (χ4n) is 2.93. The van der Waals surface area contributed by atoms with E-state index in [4.69, 9.17) is 8.83 Å². The third kappa shape index (κ3) is 2.33. The van der Waals surface area contributed by atoms with Crippen LogP contribution in [0, 0.1) is 0 Å². The van der Waals surface area contributed by atoms with Crippen molar-refractivity contribution in [2.75, 3.05) is 5.32 Å². The van der Waals surface area contributed by atoms with Gasteiger partial charge in [-0.1, -0.05) is 0 Å². The Kier molecular flexibility index (Phi) is 2.99. The molecule has 1 aromatic carbocycles. The zero-order valence-corrected chi connectivity index (χ0v) is 11.6. The first kappa shape index (κ1) is 12.3. The number of hydrogen-bond acceptors (Lipinski definition) is 4. The number of aromatic nitrogens is 1. The van der Waals surface area contributed by atoms with Gasteiger partial charge in [-0.3, -0.25) is 0 Å². The highest BCUT2D eigenvalue weighted by molar-refractivity contribution is 5.61. The van der Waals surface area contributed by atoms with E-state index in [2.05, 4.69) is 28.5 Å². The topological polar surface area (TPSA) is 51.2 Å². The van der Waals surface area contributed by atoms with E-state index in [0.29, 0.717) is 6.04 Å². The van der Waals surface area contributed by atoms with Gasteiger partial charge in [-0.05, 0) is 43.2 Å². The first-order valence-electron chi connectivity index (χ1n) is 7.22. The monoisotopic (exact) mass is 280 g/mol. The third-order valence-electron chi connectivity index (χ3n) is 3.99. The molecule has 1 atom stereocenters. The van der Waals surface area contributed by atoms with E-state index in [0.717, 1.165) is 42.0 Å². The molecule has 0 aliphatic heterocycles. The second-order valence-electron chi connectivity index (χ2n) is 5.33. The fraction of sp³-hybridized carbons (Fsp3) is 0.235. The van der Waals surface area contributed by atoms with E-state index in [1.165, 1.54) is 12.0 Å². The number of fused-ring (bicyclic) bond motifs is 1. The standard InChI is InChI=1S/C17H16N2O2/c1-2-15(14-8-9-20-16(14)3-1)19-13-6-4-12(5-7-13)17-10-18-11-21-17/h4-11,15,19H,1-3H2. The Morgan fingerprint density at radius 3 is 2.81 bits per heavy atom. The van der Waals surface area contributed by atoms with Crippen molar-refractivity contribution in [1.29, 1.82) is 0 Å². The molecule has 0 spiro atoms. The van der Waals surface area contributed by atoms with Gasteiger partial charge in [0.2, 0.25) is 0 Å². The van der Waals surface area contributed by atoms with Crippen LogP contribution in [0.5, 0.6) is 0 Å². The highest BCUT2D eigenvalue weighted by atomic mass is 16.3. The number of aryl methyl sites for hydroxylation is 1. The Labute approximate surface area is 122 Å². The van der Waals surface area contributed by atoms with Gasteiger partial charge in [0.15, 0.2) is 12.2 Å². The minimum atomic E-state index is 0.337. The van der Waals surface area contributed by atoms with Crippen LogP contribution in [0.15, 0.2) is 58.0 Å². The molecule has 21 heavy (non-hydrogen) atoms. The number of nitrogens with zero attached hydrogens (tertiary/aromatic N) is 1. The van der Waals surface area contributed by atoms with E-state index in [1.54, 1.807) is 12.5 Å². The number of furan rings is 1. The Morgan fingerprint density at radius 1 is 1.10 bits per heavy atom. The largest absolute Gasteiger partial charge is 0.469 e. The Morgan fingerprint density at radius 2 is 2.00 bits per heavy atom. The van der Waals surface area contributed by atoms with E-state index < -0.39 is 0 Å². The van der Waals surface area contributed by atoms with Crippen LogP contribution in [0.1, 0.15) is 30.2 Å². The molecule has 0 radical (unpaired) electrons. The maximum Gasteiger partial charge on any atom is 0.181 e. The molecule has 0 saturated carbocycles. The summed E-state index contributed by atoms with van der Waals surface area (Å²) < 4.78 is 10.8. The normalized spacial score (nSPS) is 17.4. The van der Waals surface area contributed by atoms with Crippen molar-refractivity contribution in [2.45, 2.75) is 25.3 Å². The zero-order valence-electron chi connectivity index (χ0n) is 11.6. The van der Waals surface area contributed by atoms with Crippen molar-refractivity contribution < 1.29 is 8.83 Å². The maximum absolute atomic E-state index is 5.53. The Hall–Kier alpha value is -2.49. The van der Waals surface area contributed by atoms with Gasteiger partial charge in [-0.15, -0.1) is 0 Å². The number of anilines is 1. The van der Waals surface area contributed by atoms with Gasteiger partial charge >= 0.3 is 0 Å². The molecular formula is C17H16N2O2. The average molecular weight is 280 g/mol. The lowest BCUT2D eigenvalue weighted by atomic mass is 9.93. The summed E-state index contributed by atoms with van der Waals surface area (Å²) >= 11 is 0. The van der Waals surface area contributed by atoms with Gasteiger partial charge in [0.1, 0.15) is 5.76 Å². The van der Waals surface area contributed by atoms with Crippen molar-refractivity contribution in [1.82, 2.24) is 4.98 Å². The van der Waals surface area contributed by atoms with Gasteiger partial charge in [0.05, 0.1) is 18.5 Å². The molecule has 0 amide bonds. The predicted octanol–water partition coefficient (Wildman–Crippen LogP) is 4.42. The molecule has 0 fully saturated rings. The van der Waals surface area contributed by atoms with Gasteiger partial charge in [0.25, 0.3) is 0 Å². The zero-order chi connectivity index (χ0) is 14.1. The molecule has 1 aliphatic rings. The van der Waals surface area contributed by atoms with Gasteiger partial charge < -0.3 is 14.2 Å². The van der Waals surface area contributed by atoms with Crippen LogP contribution in [0.25, 0.3) is 11.3 Å². The van der Waals surface area contributed by atoms with Gasteiger partial charge in [0, 0.05) is 23.2 Å². The molecule has 1 aliphatic carbocycles. The Balaban J connectivity index is 1.54. The molecule has 2 heterocycles. The molecule has 4 heteroatoms. The van der Waals surface area contributed by atoms with Crippen molar-refractivity contribution >= 4 is 5.69 Å². The lowest BCUT2D eigenvalue weighted by Crippen LogP contribution is -2.15. The molecule has 4 rings (SSSR count). The summed E-state index contributed by atoms with van der Waals surface area (Å²) in [5, 5.41) is 3.59. The lowest BCUT2D eigenvalue weighted by molar-refractivity contribution is 0.461. The van der Waals surface area contributed by atoms with Crippen molar-refractivity contribution in [3.05, 3.63) is 60.5 Å². The minimum absolute atomic E-state index is 0.337. The SMILES string of the molecule is c1ncc(-c2ccc(NC3CCCc4occc43)cc2)o1. The summed E-state index contributed by atoms with van der Waals surface area (Å²) in [6, 6.07) is 10.7. The molecule has 3 aromatic rings. The van der Waals surface area contributed by atoms with Crippen LogP contribution in [0.2, 0.25) is 0 Å². The van der Waals surface area contributed by atoms with Gasteiger partial charge in [-0.2, -0.15) is 0 Å². The van der Waals surface area contributed by atoms with Crippen LogP contribution in [-0.2, 0) is 6.42 Å². The first-order valence-corrected chi connectivity index (χ1v) is 7.22. The number of oxazole rings is 1. The van der Waals surface area contributed by atoms with Crippen LogP contribution in [-0.4, -0.2) is 4.98 Å². The summed E-state index contributed by atoms with van der Waals surface area (Å²) in [6.07, 6.45) is 8.30. The third-order valence-corrected chi connectivity index (χ3v) is 3.99. The molecule has 1 unspecified atom stereocenters. The summed E-state index contributed by atoms with van der Waals surface area (Å²) in [4.78, 5) is 3.94. The molecule has 0 bridgehead atoms. The average Bonchev–Trinajstić information content (AvgIpc) is 3.20. The van der Waals surface area contributed by atoms with E-state index >= 15 is 0 Å². The smallest absolute Gasteiger partial charge is 0.181 e. The number of benzene rings is 1. The second-order valence-corrected chi connectivity index (χ2v) is 5.33. The molecule has 4 nitrogen and oxygen atoms in total. The van der Waals surface area contributed by atoms with Crippen LogP contribution in [0.3, 0.4) is 0 Å². The van der Waals surface area contributed by atoms with Crippen molar-refractivity contribution in [2.24, 2.45) is 0 Å². The Bertz CT molecular complexity index is 714. The summed E-state index contributed by atoms with van der Waals surface area (Å²) in [7, 11) is 0. The van der Waals surface area contributed by atoms with Crippen LogP contribution < -0.4 is 5.32 Å². The summed E-state index contributed by atoms with van der Waals surface area (Å²) in [6.45, 7) is 0. The van der Waals surface area contributed by atoms with E-state index in [-0.39, 0.29) is 0 Å². The van der Waals surface area contributed by atoms with Crippen molar-refractivity contribution in [3.8, 4) is 11.3 Å². The molecule has 2 aromatic heterocycles. The first-order chi connectivity index (χ1) is 10.4. The molecule has 106 valence electrons. The van der Waals surface area contributed by atoms with E-state index in [1.807, 2.05) is 12.1 Å². The maximum atomic E-state index is 5.53. The number of hydrogen-bond donors (Lipinski definition) is 1. The highest BCUT2D eigenvalue weighted by Gasteiger charge is 2.22. The number of nitrogens with one attached hydrogen (secondary N) is 1. The van der Waals surface area contributed by atoms with Crippen molar-refractivity contribution in [3.63, 3.8) is 0 Å². The highest BCUT2D eigenvalue weighted by Crippen LogP contribution is 2.33. The lowest BCUT2D eigenvalue weighted by Gasteiger charge is -2.23. The summed E-state index contributed by atoms with van der Waals surface area (Å²) in [5.41, 5.74) is 3.43. The van der Waals surface area contributed by atoms with Crippen LogP contribution >= 0.6 is 0 Å². The number of rotatable bonds is 3. The minimum Gasteiger partial charge on any atom is -0.469 e. The molecule has 1 N–H and O–H groups in total. The predicted molar refractivity (Wildman–Crippen MR) is 79.9 cm³/mol. The van der Waals surface area contributed by atoms with Gasteiger partial charge in [-0.25, -0.2) is 4.98 Å². The second kappa shape index (κ2) is 5.13. The quantitative estimate of drug-likeness (QED) is 0.771. The van der Waals surface area contributed by atoms with Crippen LogP contribution in [0.4, 0.5) is 5.69 Å². The molecular weight excluding hydrogens is 264 g/mol.